The molecular weight excluding hydrogens is 256 g/mol. The molecule has 0 amide bonds. The van der Waals surface area contributed by atoms with E-state index in [1.807, 2.05) is 13.8 Å². The Balaban J connectivity index is 2.54. The predicted octanol–water partition coefficient (Wildman–Crippen LogP) is 0.495. The molecule has 0 bridgehead atoms. The second-order valence-corrected chi connectivity index (χ2v) is 2.24. The number of hydrogen-bond donors (Lipinski definition) is 0. The van der Waals surface area contributed by atoms with E-state index in [0.717, 1.165) is 0 Å². The third-order valence-corrected chi connectivity index (χ3v) is 2.39. The van der Waals surface area contributed by atoms with E-state index < -0.39 is 0 Å². The SMILES string of the molecule is CC(C)[O][Tl]. The summed E-state index contributed by atoms with van der Waals surface area (Å²) in [5, 5.41) is 0. The van der Waals surface area contributed by atoms with Gasteiger partial charge in [-0.05, 0) is 0 Å². The van der Waals surface area contributed by atoms with Crippen LogP contribution in [0.2, 0.25) is 0 Å². The molecule has 0 fully saturated rings. The van der Waals surface area contributed by atoms with Crippen molar-refractivity contribution >= 4 is 26.2 Å². The molecule has 0 atom stereocenters. The van der Waals surface area contributed by atoms with Crippen LogP contribution in [0.3, 0.4) is 0 Å². The number of rotatable bonds is 1. The van der Waals surface area contributed by atoms with Gasteiger partial charge in [-0.1, -0.05) is 0 Å². The second kappa shape index (κ2) is 3.09. The molecule has 0 unspecified atom stereocenters. The Morgan fingerprint density at radius 2 is 1.80 bits per heavy atom. The summed E-state index contributed by atoms with van der Waals surface area (Å²) in [5.74, 6) is 0. The van der Waals surface area contributed by atoms with Gasteiger partial charge in [-0.3, -0.25) is 0 Å². The summed E-state index contributed by atoms with van der Waals surface area (Å²) in [4.78, 5) is 0. The van der Waals surface area contributed by atoms with Gasteiger partial charge in [0, 0.05) is 0 Å². The molecule has 0 aromatic carbocycles. The van der Waals surface area contributed by atoms with E-state index in [4.69, 9.17) is 2.69 Å². The molecule has 0 rings (SSSR count). The van der Waals surface area contributed by atoms with Crippen LogP contribution >= 0.6 is 0 Å². The van der Waals surface area contributed by atoms with Gasteiger partial charge in [0.05, 0.1) is 0 Å². The van der Waals surface area contributed by atoms with E-state index in [1.165, 1.54) is 0 Å². The van der Waals surface area contributed by atoms with Gasteiger partial charge < -0.3 is 0 Å². The molecule has 0 N–H and O–H groups in total. The molecule has 0 spiro atoms. The molecule has 1 nitrogen and oxygen atoms in total. The van der Waals surface area contributed by atoms with Crippen molar-refractivity contribution in [2.24, 2.45) is 0 Å². The summed E-state index contributed by atoms with van der Waals surface area (Å²) in [6.07, 6.45) is 0.458. The molecule has 2 heteroatoms. The van der Waals surface area contributed by atoms with E-state index in [-0.39, 0.29) is 0 Å². The van der Waals surface area contributed by atoms with E-state index >= 15 is 0 Å². The third-order valence-electron chi connectivity index (χ3n) is 0.272. The van der Waals surface area contributed by atoms with Crippen LogP contribution in [-0.4, -0.2) is 32.3 Å². The van der Waals surface area contributed by atoms with Crippen molar-refractivity contribution < 1.29 is 2.69 Å². The van der Waals surface area contributed by atoms with Gasteiger partial charge in [-0.2, -0.15) is 0 Å². The van der Waals surface area contributed by atoms with Gasteiger partial charge in [0.25, 0.3) is 0 Å². The Bertz CT molecular complexity index is 20.9. The van der Waals surface area contributed by atoms with Crippen LogP contribution in [0.4, 0.5) is 0 Å². The molecule has 0 heterocycles. The van der Waals surface area contributed by atoms with Crippen molar-refractivity contribution in [2.45, 2.75) is 20.0 Å². The van der Waals surface area contributed by atoms with Crippen LogP contribution in [0.25, 0.3) is 0 Å². The van der Waals surface area contributed by atoms with Gasteiger partial charge in [-0.25, -0.2) is 0 Å². The Labute approximate surface area is 49.0 Å². The molecule has 0 aromatic rings. The molecule has 0 radical (unpaired) electrons. The summed E-state index contributed by atoms with van der Waals surface area (Å²) < 4.78 is 4.92. The van der Waals surface area contributed by atoms with Gasteiger partial charge in [0.15, 0.2) is 0 Å². The first-order chi connectivity index (χ1) is 2.27. The molecule has 0 aliphatic rings. The Morgan fingerprint density at radius 3 is 1.80 bits per heavy atom. The summed E-state index contributed by atoms with van der Waals surface area (Å²) in [6, 6.07) is 0. The van der Waals surface area contributed by atoms with Crippen molar-refractivity contribution in [3.8, 4) is 0 Å². The average molecular weight is 263 g/mol. The van der Waals surface area contributed by atoms with Gasteiger partial charge >= 0.3 is 48.9 Å². The van der Waals surface area contributed by atoms with Crippen LogP contribution in [0.1, 0.15) is 13.8 Å². The van der Waals surface area contributed by atoms with Crippen molar-refractivity contribution in [1.82, 2.24) is 0 Å². The molecule has 0 aliphatic heterocycles. The Hall–Kier alpha value is 0.882. The maximum atomic E-state index is 4.92. The molecule has 0 aliphatic carbocycles. The minimum absolute atomic E-state index is 0.458. The van der Waals surface area contributed by atoms with Crippen molar-refractivity contribution in [3.05, 3.63) is 0 Å². The molecule has 0 saturated heterocycles. The Kier molecular flexibility index (Phi) is 3.63. The summed E-state index contributed by atoms with van der Waals surface area (Å²) in [7, 11) is 0. The van der Waals surface area contributed by atoms with Gasteiger partial charge in [0.2, 0.25) is 0 Å². The van der Waals surface area contributed by atoms with Crippen molar-refractivity contribution in [1.29, 1.82) is 0 Å². The van der Waals surface area contributed by atoms with E-state index in [2.05, 4.69) is 0 Å². The van der Waals surface area contributed by atoms with E-state index in [0.29, 0.717) is 32.3 Å². The van der Waals surface area contributed by atoms with Crippen LogP contribution in [0, 0.1) is 0 Å². The third kappa shape index (κ3) is 4.88. The fraction of sp³-hybridized carbons (Fsp3) is 1.00. The van der Waals surface area contributed by atoms with Gasteiger partial charge in [-0.15, -0.1) is 0 Å². The average Bonchev–Trinajstić information content (AvgIpc) is 1.38. The van der Waals surface area contributed by atoms with E-state index in [1.54, 1.807) is 0 Å². The summed E-state index contributed by atoms with van der Waals surface area (Å²) in [6.45, 7) is 4.08. The molecule has 28 valence electrons. The maximum absolute atomic E-state index is 4.92. The van der Waals surface area contributed by atoms with Crippen molar-refractivity contribution in [3.63, 3.8) is 0 Å². The molecule has 0 aromatic heterocycles. The standard InChI is InChI=1S/C3H7O.Tl/c1-3(2)4;/h3H,1-2H3;/q-1;+1. The van der Waals surface area contributed by atoms with Crippen LogP contribution in [-0.2, 0) is 2.69 Å². The topological polar surface area (TPSA) is 9.23 Å². The van der Waals surface area contributed by atoms with Crippen LogP contribution in [0.5, 0.6) is 0 Å². The zero-order chi connectivity index (χ0) is 4.28. The monoisotopic (exact) mass is 264 g/mol. The molecular formula is C3H7OTl. The fourth-order valence-electron chi connectivity index (χ4n) is 0. The number of hydrogen-bond acceptors (Lipinski definition) is 1. The van der Waals surface area contributed by atoms with E-state index in [9.17, 15) is 0 Å². The Morgan fingerprint density at radius 1 is 1.60 bits per heavy atom. The first kappa shape index (κ1) is 5.88. The fourth-order valence-corrected chi connectivity index (χ4v) is 0. The normalized spacial score (nSPS) is 9.20. The quantitative estimate of drug-likeness (QED) is 0.626. The summed E-state index contributed by atoms with van der Waals surface area (Å²) >= 11 is 0.708. The first-order valence-electron chi connectivity index (χ1n) is 1.63. The molecule has 0 saturated carbocycles. The molecule has 5 heavy (non-hydrogen) atoms. The predicted molar refractivity (Wildman–Crippen MR) is 22.0 cm³/mol. The first-order valence-corrected chi connectivity index (χ1v) is 3.46. The summed E-state index contributed by atoms with van der Waals surface area (Å²) in [5.41, 5.74) is 0. The van der Waals surface area contributed by atoms with Crippen LogP contribution < -0.4 is 0 Å². The zero-order valence-electron chi connectivity index (χ0n) is 3.56. The zero-order valence-corrected chi connectivity index (χ0v) is 8.05. The van der Waals surface area contributed by atoms with Gasteiger partial charge in [0.1, 0.15) is 0 Å². The van der Waals surface area contributed by atoms with Crippen molar-refractivity contribution in [2.75, 3.05) is 0 Å². The second-order valence-electron chi connectivity index (χ2n) is 1.18. The minimum atomic E-state index is 0.458. The van der Waals surface area contributed by atoms with Crippen LogP contribution in [0.15, 0.2) is 0 Å².